The minimum Gasteiger partial charge on any atom is -0.545 e. The number of hydrogen-bond donors (Lipinski definition) is 0. The number of carbonyl (C=O) groups excluding carboxylic acids is 3. The Morgan fingerprint density at radius 2 is 0.695 bits per heavy atom. The van der Waals surface area contributed by atoms with Gasteiger partial charge in [-0.2, -0.15) is 0 Å². The van der Waals surface area contributed by atoms with E-state index in [1.54, 1.807) is 0 Å². The van der Waals surface area contributed by atoms with Crippen LogP contribution in [0.3, 0.4) is 0 Å². The molecule has 0 aliphatic heterocycles. The molecule has 9 nitrogen and oxygen atoms in total. The summed E-state index contributed by atoms with van der Waals surface area (Å²) in [5, 5.41) is 11.8. The molecular formula is C73H133NO8. The number of hydrogen-bond acceptors (Lipinski definition) is 8. The second kappa shape index (κ2) is 64.0. The van der Waals surface area contributed by atoms with E-state index in [0.29, 0.717) is 23.9 Å². The molecule has 0 aromatic rings. The summed E-state index contributed by atoms with van der Waals surface area (Å²) in [6, 6.07) is 0. The van der Waals surface area contributed by atoms with Gasteiger partial charge in [-0.25, -0.2) is 0 Å². The van der Waals surface area contributed by atoms with Gasteiger partial charge in [0.05, 0.1) is 40.3 Å². The second-order valence-electron chi connectivity index (χ2n) is 24.8. The van der Waals surface area contributed by atoms with Crippen molar-refractivity contribution in [1.29, 1.82) is 0 Å². The zero-order valence-corrected chi connectivity index (χ0v) is 54.6. The molecule has 0 aromatic carbocycles. The number of ether oxygens (including phenoxy) is 4. The lowest BCUT2D eigenvalue weighted by molar-refractivity contribution is -0.870. The third kappa shape index (κ3) is 64.5. The molecule has 0 saturated heterocycles. The molecule has 2 atom stereocenters. The van der Waals surface area contributed by atoms with E-state index in [1.165, 1.54) is 238 Å². The highest BCUT2D eigenvalue weighted by atomic mass is 16.7. The van der Waals surface area contributed by atoms with Gasteiger partial charge in [-0.1, -0.05) is 325 Å². The lowest BCUT2D eigenvalue weighted by Crippen LogP contribution is -2.44. The van der Waals surface area contributed by atoms with Crippen LogP contribution in [-0.2, 0) is 33.3 Å². The van der Waals surface area contributed by atoms with E-state index in [4.69, 9.17) is 18.9 Å². The SMILES string of the molecule is CC/C=C\C/C=C\C/C=C\C/C=C\C/C=C\CCCC(=O)OC(COC(=O)CCCCCCCCCCCCCCCCCCCCCCCCCCCCCCCCCCCCCCCCCC)COC(OCC[N+](C)(C)C)C(=O)[O-]. The fourth-order valence-electron chi connectivity index (χ4n) is 10.2. The third-order valence-corrected chi connectivity index (χ3v) is 15.5. The lowest BCUT2D eigenvalue weighted by Gasteiger charge is -2.26. The number of aliphatic carboxylic acids is 1. The van der Waals surface area contributed by atoms with Gasteiger partial charge >= 0.3 is 11.9 Å². The first-order valence-electron chi connectivity index (χ1n) is 34.9. The minimum atomic E-state index is -1.64. The summed E-state index contributed by atoms with van der Waals surface area (Å²) in [4.78, 5) is 37.3. The number of unbranched alkanes of at least 4 members (excludes halogenated alkanes) is 40. The van der Waals surface area contributed by atoms with Crippen molar-refractivity contribution in [3.63, 3.8) is 0 Å². The van der Waals surface area contributed by atoms with Gasteiger partial charge in [0.2, 0.25) is 0 Å². The van der Waals surface area contributed by atoms with E-state index in [-0.39, 0.29) is 38.6 Å². The summed E-state index contributed by atoms with van der Waals surface area (Å²) in [7, 11) is 5.91. The number of carboxylic acid groups (broad SMARTS) is 1. The Morgan fingerprint density at radius 3 is 1.02 bits per heavy atom. The number of nitrogens with zero attached hydrogens (tertiary/aromatic N) is 1. The number of carbonyl (C=O) groups is 3. The number of likely N-dealkylation sites (N-methyl/N-ethyl adjacent to an activating group) is 1. The summed E-state index contributed by atoms with van der Waals surface area (Å²) < 4.78 is 22.7. The molecule has 478 valence electrons. The monoisotopic (exact) mass is 1150 g/mol. The maximum absolute atomic E-state index is 12.8. The molecule has 0 N–H and O–H groups in total. The first kappa shape index (κ1) is 79.0. The molecule has 9 heteroatoms. The summed E-state index contributed by atoms with van der Waals surface area (Å²) in [6.07, 6.45) is 80.7. The predicted molar refractivity (Wildman–Crippen MR) is 348 cm³/mol. The van der Waals surface area contributed by atoms with Crippen molar-refractivity contribution in [2.45, 2.75) is 341 Å². The van der Waals surface area contributed by atoms with Crippen LogP contribution < -0.4 is 5.11 Å². The standard InChI is InChI=1S/C73H133NO8/c1-6-8-10-12-14-16-18-20-22-24-25-26-27-28-29-30-31-32-33-34-35-36-37-38-39-40-41-42-43-44-45-46-48-49-51-53-55-57-59-61-63-70(75)80-67-69(68-81-73(72(77)78)79-66-65-74(3,4)5)82-71(76)64-62-60-58-56-54-52-50-47-23-21-19-17-15-13-11-9-7-2/h9,11,15,17,21,23,50,52,56,58,69,73H,6-8,10,12-14,16,18-20,22,24-49,51,53-55,57,59-68H2,1-5H3/b11-9-,17-15-,23-21-,52-50-,58-56-. The van der Waals surface area contributed by atoms with Gasteiger partial charge < -0.3 is 33.3 Å². The van der Waals surface area contributed by atoms with Crippen molar-refractivity contribution in [2.24, 2.45) is 0 Å². The molecule has 0 heterocycles. The van der Waals surface area contributed by atoms with Crippen LogP contribution in [0.5, 0.6) is 0 Å². The van der Waals surface area contributed by atoms with Crippen molar-refractivity contribution >= 4 is 17.9 Å². The van der Waals surface area contributed by atoms with Crippen molar-refractivity contribution in [2.75, 3.05) is 47.5 Å². The second-order valence-corrected chi connectivity index (χ2v) is 24.8. The molecule has 0 fully saturated rings. The van der Waals surface area contributed by atoms with Crippen LogP contribution in [0.25, 0.3) is 0 Å². The maximum Gasteiger partial charge on any atom is 0.306 e. The van der Waals surface area contributed by atoms with Crippen LogP contribution >= 0.6 is 0 Å². The number of carboxylic acids is 1. The molecule has 0 saturated carbocycles. The predicted octanol–water partition coefficient (Wildman–Crippen LogP) is 20.2. The Morgan fingerprint density at radius 1 is 0.378 bits per heavy atom. The van der Waals surface area contributed by atoms with Crippen molar-refractivity contribution < 1.29 is 42.9 Å². The van der Waals surface area contributed by atoms with Crippen LogP contribution in [0.15, 0.2) is 60.8 Å². The number of allylic oxidation sites excluding steroid dienone is 10. The van der Waals surface area contributed by atoms with Gasteiger partial charge in [-0.3, -0.25) is 9.59 Å². The topological polar surface area (TPSA) is 111 Å². The van der Waals surface area contributed by atoms with Gasteiger partial charge in [0, 0.05) is 12.8 Å². The third-order valence-electron chi connectivity index (χ3n) is 15.5. The van der Waals surface area contributed by atoms with Gasteiger partial charge in [0.25, 0.3) is 0 Å². The fraction of sp³-hybridized carbons (Fsp3) is 0.822. The van der Waals surface area contributed by atoms with Gasteiger partial charge in [0.15, 0.2) is 12.4 Å². The highest BCUT2D eigenvalue weighted by Gasteiger charge is 2.22. The largest absolute Gasteiger partial charge is 0.545 e. The van der Waals surface area contributed by atoms with Gasteiger partial charge in [0.1, 0.15) is 13.2 Å². The van der Waals surface area contributed by atoms with E-state index in [2.05, 4.69) is 74.6 Å². The van der Waals surface area contributed by atoms with Gasteiger partial charge in [-0.05, 0) is 51.4 Å². The lowest BCUT2D eigenvalue weighted by atomic mass is 10.0. The molecule has 0 rings (SSSR count). The van der Waals surface area contributed by atoms with Crippen molar-refractivity contribution in [1.82, 2.24) is 0 Å². The van der Waals surface area contributed by atoms with Crippen LogP contribution in [0.4, 0.5) is 0 Å². The quantitative estimate of drug-likeness (QED) is 0.0195. The Labute approximate surface area is 507 Å². The molecular weight excluding hydrogens is 1020 g/mol. The van der Waals surface area contributed by atoms with Crippen LogP contribution in [-0.4, -0.2) is 82.3 Å². The van der Waals surface area contributed by atoms with Crippen LogP contribution in [0.1, 0.15) is 328 Å². The zero-order valence-electron chi connectivity index (χ0n) is 54.6. The highest BCUT2D eigenvalue weighted by Crippen LogP contribution is 2.19. The molecule has 0 aromatic heterocycles. The van der Waals surface area contributed by atoms with Crippen molar-refractivity contribution in [3.8, 4) is 0 Å². The number of esters is 2. The molecule has 0 spiro atoms. The Kier molecular flexibility index (Phi) is 61.6. The van der Waals surface area contributed by atoms with E-state index in [1.807, 2.05) is 21.1 Å². The minimum absolute atomic E-state index is 0.136. The smallest absolute Gasteiger partial charge is 0.306 e. The Hall–Kier alpha value is -3.01. The number of rotatable bonds is 65. The molecule has 0 amide bonds. The highest BCUT2D eigenvalue weighted by molar-refractivity contribution is 5.70. The first-order valence-corrected chi connectivity index (χ1v) is 34.9. The summed E-state index contributed by atoms with van der Waals surface area (Å²) in [5.74, 6) is -2.35. The normalized spacial score (nSPS) is 13.0. The van der Waals surface area contributed by atoms with Crippen LogP contribution in [0.2, 0.25) is 0 Å². The summed E-state index contributed by atoms with van der Waals surface area (Å²) >= 11 is 0. The van der Waals surface area contributed by atoms with E-state index in [0.717, 1.165) is 51.4 Å². The van der Waals surface area contributed by atoms with Gasteiger partial charge in [-0.15, -0.1) is 0 Å². The summed E-state index contributed by atoms with van der Waals surface area (Å²) in [6.45, 7) is 4.60. The van der Waals surface area contributed by atoms with E-state index in [9.17, 15) is 19.5 Å². The average Bonchev–Trinajstić information content (AvgIpc) is 3.45. The molecule has 0 bridgehead atoms. The summed E-state index contributed by atoms with van der Waals surface area (Å²) in [5.41, 5.74) is 0. The molecule has 82 heavy (non-hydrogen) atoms. The average molecular weight is 1150 g/mol. The Bertz CT molecular complexity index is 1530. The first-order chi connectivity index (χ1) is 40.1. The van der Waals surface area contributed by atoms with Crippen molar-refractivity contribution in [3.05, 3.63) is 60.8 Å². The molecule has 2 unspecified atom stereocenters. The molecule has 0 radical (unpaired) electrons. The Balaban J connectivity index is 3.94. The number of quaternary nitrogens is 1. The van der Waals surface area contributed by atoms with E-state index < -0.39 is 24.3 Å². The van der Waals surface area contributed by atoms with Crippen LogP contribution in [0, 0.1) is 0 Å². The molecule has 0 aliphatic carbocycles. The fourth-order valence-corrected chi connectivity index (χ4v) is 10.2. The zero-order chi connectivity index (χ0) is 59.8. The molecule has 0 aliphatic rings. The maximum atomic E-state index is 12.8. The van der Waals surface area contributed by atoms with E-state index >= 15 is 0 Å².